The molecule has 0 fully saturated rings. The van der Waals surface area contributed by atoms with Crippen LogP contribution in [0.3, 0.4) is 0 Å². The predicted octanol–water partition coefficient (Wildman–Crippen LogP) is 4.16. The Morgan fingerprint density at radius 1 is 1.33 bits per heavy atom. The quantitative estimate of drug-likeness (QED) is 0.738. The van der Waals surface area contributed by atoms with Gasteiger partial charge in [0.25, 0.3) is 5.91 Å². The zero-order chi connectivity index (χ0) is 14.8. The number of aryl methyl sites for hydroxylation is 1. The smallest absolute Gasteiger partial charge is 0.259 e. The molecule has 6 heteroatoms. The molecule has 2 aromatic heterocycles. The van der Waals surface area contributed by atoms with Crippen molar-refractivity contribution in [2.45, 2.75) is 13.3 Å². The predicted molar refractivity (Wildman–Crippen MR) is 86.2 cm³/mol. The van der Waals surface area contributed by atoms with Crippen LogP contribution in [0.2, 0.25) is 5.15 Å². The van der Waals surface area contributed by atoms with Crippen LogP contribution in [0.5, 0.6) is 0 Å². The first-order valence-electron chi connectivity index (χ1n) is 6.48. The van der Waals surface area contributed by atoms with Gasteiger partial charge in [-0.15, -0.1) is 0 Å². The van der Waals surface area contributed by atoms with Crippen molar-refractivity contribution >= 4 is 44.2 Å². The lowest BCUT2D eigenvalue weighted by atomic mass is 10.2. The average molecular weight is 318 g/mol. The molecule has 2 heterocycles. The van der Waals surface area contributed by atoms with E-state index in [1.807, 2.05) is 6.07 Å². The number of carbonyl (C=O) groups excluding carboxylic acids is 1. The molecule has 0 unspecified atom stereocenters. The number of amides is 1. The lowest BCUT2D eigenvalue weighted by molar-refractivity contribution is 0.102. The number of anilines is 1. The monoisotopic (exact) mass is 317 g/mol. The highest BCUT2D eigenvalue weighted by Crippen LogP contribution is 2.27. The van der Waals surface area contributed by atoms with Gasteiger partial charge >= 0.3 is 0 Å². The van der Waals surface area contributed by atoms with Gasteiger partial charge in [-0.3, -0.25) is 10.1 Å². The SMILES string of the molecule is CCc1ccc2nc(NC(=O)c3ccc(Cl)nc3)sc2c1. The Morgan fingerprint density at radius 2 is 2.19 bits per heavy atom. The highest BCUT2D eigenvalue weighted by atomic mass is 35.5. The summed E-state index contributed by atoms with van der Waals surface area (Å²) in [6.45, 7) is 2.11. The van der Waals surface area contributed by atoms with Gasteiger partial charge in [0.1, 0.15) is 5.15 Å². The highest BCUT2D eigenvalue weighted by molar-refractivity contribution is 7.22. The maximum atomic E-state index is 12.1. The Morgan fingerprint density at radius 3 is 2.90 bits per heavy atom. The van der Waals surface area contributed by atoms with E-state index in [2.05, 4.69) is 34.3 Å². The molecule has 0 saturated carbocycles. The van der Waals surface area contributed by atoms with Crippen molar-refractivity contribution in [2.24, 2.45) is 0 Å². The number of hydrogen-bond donors (Lipinski definition) is 1. The molecule has 0 aliphatic carbocycles. The number of pyridine rings is 1. The molecule has 3 rings (SSSR count). The number of carbonyl (C=O) groups is 1. The molecule has 3 aromatic rings. The van der Waals surface area contributed by atoms with Gasteiger partial charge in [0, 0.05) is 6.20 Å². The summed E-state index contributed by atoms with van der Waals surface area (Å²) in [5, 5.41) is 3.73. The minimum absolute atomic E-state index is 0.242. The summed E-state index contributed by atoms with van der Waals surface area (Å²) in [6.07, 6.45) is 2.42. The minimum Gasteiger partial charge on any atom is -0.298 e. The number of aromatic nitrogens is 2. The van der Waals surface area contributed by atoms with Gasteiger partial charge in [-0.05, 0) is 36.2 Å². The van der Waals surface area contributed by atoms with Crippen LogP contribution in [0.1, 0.15) is 22.8 Å². The van der Waals surface area contributed by atoms with E-state index in [9.17, 15) is 4.79 Å². The second kappa shape index (κ2) is 5.79. The van der Waals surface area contributed by atoms with Crippen LogP contribution in [-0.2, 0) is 6.42 Å². The fourth-order valence-electron chi connectivity index (χ4n) is 1.92. The highest BCUT2D eigenvalue weighted by Gasteiger charge is 2.10. The van der Waals surface area contributed by atoms with Crippen molar-refractivity contribution in [2.75, 3.05) is 5.32 Å². The molecular formula is C15H12ClN3OS. The molecule has 0 bridgehead atoms. The van der Waals surface area contributed by atoms with E-state index in [0.29, 0.717) is 15.8 Å². The molecule has 106 valence electrons. The van der Waals surface area contributed by atoms with Crippen LogP contribution in [0.25, 0.3) is 10.2 Å². The number of thiazole rings is 1. The van der Waals surface area contributed by atoms with Crippen molar-refractivity contribution in [1.29, 1.82) is 0 Å². The van der Waals surface area contributed by atoms with Crippen molar-refractivity contribution in [3.63, 3.8) is 0 Å². The van der Waals surface area contributed by atoms with Gasteiger partial charge in [0.2, 0.25) is 0 Å². The largest absolute Gasteiger partial charge is 0.298 e. The Balaban J connectivity index is 1.84. The topological polar surface area (TPSA) is 54.9 Å². The molecule has 4 nitrogen and oxygen atoms in total. The van der Waals surface area contributed by atoms with Crippen molar-refractivity contribution < 1.29 is 4.79 Å². The Labute approximate surface area is 130 Å². The second-order valence-corrected chi connectivity index (χ2v) is 5.92. The summed E-state index contributed by atoms with van der Waals surface area (Å²) >= 11 is 7.17. The first kappa shape index (κ1) is 14.0. The summed E-state index contributed by atoms with van der Waals surface area (Å²) in [7, 11) is 0. The molecule has 0 atom stereocenters. The van der Waals surface area contributed by atoms with Gasteiger partial charge in [-0.2, -0.15) is 0 Å². The van der Waals surface area contributed by atoms with Crippen LogP contribution in [0.15, 0.2) is 36.5 Å². The molecule has 1 aromatic carbocycles. The van der Waals surface area contributed by atoms with Gasteiger partial charge in [0.15, 0.2) is 5.13 Å². The molecule has 1 N–H and O–H groups in total. The van der Waals surface area contributed by atoms with Crippen molar-refractivity contribution in [1.82, 2.24) is 9.97 Å². The summed E-state index contributed by atoms with van der Waals surface area (Å²) in [4.78, 5) is 20.4. The fourth-order valence-corrected chi connectivity index (χ4v) is 2.96. The van der Waals surface area contributed by atoms with Gasteiger partial charge in [0.05, 0.1) is 15.8 Å². The van der Waals surface area contributed by atoms with E-state index in [0.717, 1.165) is 16.6 Å². The fraction of sp³-hybridized carbons (Fsp3) is 0.133. The van der Waals surface area contributed by atoms with Gasteiger partial charge in [-0.25, -0.2) is 9.97 Å². The number of nitrogens with one attached hydrogen (secondary N) is 1. The summed E-state index contributed by atoms with van der Waals surface area (Å²) < 4.78 is 1.07. The minimum atomic E-state index is -0.242. The lowest BCUT2D eigenvalue weighted by Crippen LogP contribution is -2.11. The van der Waals surface area contributed by atoms with Crippen LogP contribution < -0.4 is 5.32 Å². The Hall–Kier alpha value is -1.98. The van der Waals surface area contributed by atoms with E-state index >= 15 is 0 Å². The van der Waals surface area contributed by atoms with Crippen LogP contribution in [0.4, 0.5) is 5.13 Å². The van der Waals surface area contributed by atoms with E-state index in [1.165, 1.54) is 23.1 Å². The molecule has 0 radical (unpaired) electrons. The van der Waals surface area contributed by atoms with E-state index in [4.69, 9.17) is 11.6 Å². The molecule has 21 heavy (non-hydrogen) atoms. The zero-order valence-electron chi connectivity index (χ0n) is 11.3. The number of fused-ring (bicyclic) bond motifs is 1. The Bertz CT molecular complexity index is 798. The van der Waals surface area contributed by atoms with Crippen LogP contribution in [0, 0.1) is 0 Å². The van der Waals surface area contributed by atoms with Gasteiger partial charge < -0.3 is 0 Å². The first-order chi connectivity index (χ1) is 10.2. The first-order valence-corrected chi connectivity index (χ1v) is 7.67. The third kappa shape index (κ3) is 3.04. The molecule has 0 aliphatic rings. The van der Waals surface area contributed by atoms with Crippen molar-refractivity contribution in [3.8, 4) is 0 Å². The molecular weight excluding hydrogens is 306 g/mol. The third-order valence-corrected chi connectivity index (χ3v) is 4.23. The summed E-state index contributed by atoms with van der Waals surface area (Å²) in [6, 6.07) is 9.35. The number of halogens is 1. The van der Waals surface area contributed by atoms with Crippen LogP contribution >= 0.6 is 22.9 Å². The Kier molecular flexibility index (Phi) is 3.86. The molecule has 0 aliphatic heterocycles. The lowest BCUT2D eigenvalue weighted by Gasteiger charge is -2.00. The number of nitrogens with zero attached hydrogens (tertiary/aromatic N) is 2. The maximum Gasteiger partial charge on any atom is 0.259 e. The summed E-state index contributed by atoms with van der Waals surface area (Å²) in [5.74, 6) is -0.242. The second-order valence-electron chi connectivity index (χ2n) is 4.50. The number of hydrogen-bond acceptors (Lipinski definition) is 4. The van der Waals surface area contributed by atoms with Crippen LogP contribution in [-0.4, -0.2) is 15.9 Å². The molecule has 1 amide bonds. The number of benzene rings is 1. The van der Waals surface area contributed by atoms with E-state index in [1.54, 1.807) is 12.1 Å². The standard InChI is InChI=1S/C15H12ClN3OS/c1-2-9-3-5-11-12(7-9)21-15(18-11)19-14(20)10-4-6-13(16)17-8-10/h3-8H,2H2,1H3,(H,18,19,20). The van der Waals surface area contributed by atoms with E-state index < -0.39 is 0 Å². The zero-order valence-corrected chi connectivity index (χ0v) is 12.8. The van der Waals surface area contributed by atoms with Crippen molar-refractivity contribution in [3.05, 3.63) is 52.8 Å². The average Bonchev–Trinajstić information content (AvgIpc) is 2.88. The normalized spacial score (nSPS) is 10.8. The maximum absolute atomic E-state index is 12.1. The molecule has 0 saturated heterocycles. The third-order valence-electron chi connectivity index (χ3n) is 3.07. The number of rotatable bonds is 3. The van der Waals surface area contributed by atoms with E-state index in [-0.39, 0.29) is 5.91 Å². The van der Waals surface area contributed by atoms with Gasteiger partial charge in [-0.1, -0.05) is 35.9 Å². The summed E-state index contributed by atoms with van der Waals surface area (Å²) in [5.41, 5.74) is 2.60. The molecule has 0 spiro atoms.